The van der Waals surface area contributed by atoms with E-state index >= 15 is 0 Å². The molecule has 2 rings (SSSR count). The number of allylic oxidation sites excluding steroid dienone is 1. The van der Waals surface area contributed by atoms with E-state index in [0.717, 1.165) is 17.2 Å². The Bertz CT molecular complexity index is 980. The van der Waals surface area contributed by atoms with Crippen molar-refractivity contribution in [3.05, 3.63) is 47.7 Å². The Balaban J connectivity index is 1.47. The predicted molar refractivity (Wildman–Crippen MR) is 124 cm³/mol. The number of hydrogen-bond donors (Lipinski definition) is 2. The van der Waals surface area contributed by atoms with Crippen LogP contribution in [0.2, 0.25) is 0 Å². The van der Waals surface area contributed by atoms with Crippen molar-refractivity contribution in [2.75, 3.05) is 39.6 Å². The molecule has 2 N–H and O–H groups in total. The van der Waals surface area contributed by atoms with E-state index in [-0.39, 0.29) is 64.0 Å². The van der Waals surface area contributed by atoms with Crippen LogP contribution in [0, 0.1) is 0 Å². The maximum absolute atomic E-state index is 13.7. The first-order chi connectivity index (χ1) is 17.4. The van der Waals surface area contributed by atoms with E-state index in [1.807, 2.05) is 0 Å². The van der Waals surface area contributed by atoms with Crippen molar-refractivity contribution in [3.8, 4) is 0 Å². The van der Waals surface area contributed by atoms with Gasteiger partial charge in [-0.25, -0.2) is 4.79 Å². The monoisotopic (exact) mass is 549 g/mol. The minimum absolute atomic E-state index is 0.00149. The number of amides is 1. The second kappa shape index (κ2) is 14.4. The van der Waals surface area contributed by atoms with Crippen molar-refractivity contribution in [2.45, 2.75) is 37.8 Å². The Kier molecular flexibility index (Phi) is 12.0. The van der Waals surface area contributed by atoms with Crippen LogP contribution in [0.4, 0.5) is 8.78 Å². The third-order valence-corrected chi connectivity index (χ3v) is 6.10. The fourth-order valence-corrected chi connectivity index (χ4v) is 3.63. The van der Waals surface area contributed by atoms with Gasteiger partial charge >= 0.3 is 19.2 Å². The van der Waals surface area contributed by atoms with Crippen LogP contribution in [0.1, 0.15) is 36.8 Å². The van der Waals surface area contributed by atoms with Crippen molar-refractivity contribution < 1.29 is 56.6 Å². The lowest BCUT2D eigenvalue weighted by Crippen LogP contribution is -2.29. The summed E-state index contributed by atoms with van der Waals surface area (Å²) in [5.74, 6) is -1.18. The molecule has 0 spiro atoms. The highest BCUT2D eigenvalue weighted by molar-refractivity contribution is 7.52. The van der Waals surface area contributed by atoms with Crippen LogP contribution in [-0.2, 0) is 50.1 Å². The fourth-order valence-electron chi connectivity index (χ4n) is 3.15. The third kappa shape index (κ3) is 10.0. The first-order valence-electron chi connectivity index (χ1n) is 11.4. The van der Waals surface area contributed by atoms with Gasteiger partial charge in [-0.05, 0) is 18.4 Å². The highest BCUT2D eigenvalue weighted by Crippen LogP contribution is 2.59. The number of rotatable bonds is 17. The number of alkyl halides is 2. The molecule has 14 heteroatoms. The average molecular weight is 549 g/mol. The Hall–Kier alpha value is -2.54. The van der Waals surface area contributed by atoms with E-state index in [0.29, 0.717) is 30.7 Å². The molecule has 11 nitrogen and oxygen atoms in total. The number of hydrogen-bond acceptors (Lipinski definition) is 8. The van der Waals surface area contributed by atoms with Gasteiger partial charge in [-0.15, -0.1) is 5.06 Å². The van der Waals surface area contributed by atoms with E-state index in [9.17, 15) is 27.7 Å². The zero-order valence-electron chi connectivity index (χ0n) is 20.1. The quantitative estimate of drug-likeness (QED) is 0.219. The first kappa shape index (κ1) is 30.7. The van der Waals surface area contributed by atoms with Gasteiger partial charge in [0.2, 0.25) is 0 Å². The van der Waals surface area contributed by atoms with E-state index < -0.39 is 24.8 Å². The maximum atomic E-state index is 13.7. The lowest BCUT2D eigenvalue weighted by atomic mass is 10.0. The number of carbonyl (C=O) groups excluding carboxylic acids is 3. The zero-order chi connectivity index (χ0) is 27.5. The maximum Gasteiger partial charge on any atom is 0.399 e. The van der Waals surface area contributed by atoms with Gasteiger partial charge in [0.05, 0.1) is 32.1 Å². The molecule has 1 heterocycles. The van der Waals surface area contributed by atoms with Crippen molar-refractivity contribution in [3.63, 3.8) is 0 Å². The average Bonchev–Trinajstić information content (AvgIpc) is 3.14. The number of halogens is 2. The summed E-state index contributed by atoms with van der Waals surface area (Å²) in [6.45, 7) is 4.51. The third-order valence-electron chi connectivity index (χ3n) is 5.11. The van der Waals surface area contributed by atoms with Crippen molar-refractivity contribution in [1.29, 1.82) is 0 Å². The summed E-state index contributed by atoms with van der Waals surface area (Å²) >= 11 is 0. The molecule has 0 unspecified atom stereocenters. The van der Waals surface area contributed by atoms with E-state index in [2.05, 4.69) is 6.58 Å². The van der Waals surface area contributed by atoms with Gasteiger partial charge in [-0.2, -0.15) is 8.78 Å². The van der Waals surface area contributed by atoms with Gasteiger partial charge in [0, 0.05) is 31.4 Å². The molecule has 1 aromatic carbocycles. The minimum Gasteiger partial charge on any atom is -0.379 e. The molecule has 0 aromatic heterocycles. The van der Waals surface area contributed by atoms with Gasteiger partial charge in [0.1, 0.15) is 12.4 Å². The highest BCUT2D eigenvalue weighted by atomic mass is 31.2. The van der Waals surface area contributed by atoms with Crippen LogP contribution >= 0.6 is 7.60 Å². The number of carbonyl (C=O) groups is 3. The number of nitrogens with zero attached hydrogens (tertiary/aromatic N) is 1. The molecule has 1 aliphatic heterocycles. The van der Waals surface area contributed by atoms with Crippen molar-refractivity contribution in [2.24, 2.45) is 0 Å². The minimum atomic E-state index is -5.64. The summed E-state index contributed by atoms with van der Waals surface area (Å²) < 4.78 is 54.0. The van der Waals surface area contributed by atoms with E-state index in [1.54, 1.807) is 0 Å². The Morgan fingerprint density at radius 2 is 1.59 bits per heavy atom. The molecular weight excluding hydrogens is 519 g/mol. The highest BCUT2D eigenvalue weighted by Gasteiger charge is 2.50. The van der Waals surface area contributed by atoms with Crippen LogP contribution in [0.25, 0.3) is 0 Å². The Labute approximate surface area is 212 Å². The van der Waals surface area contributed by atoms with Crippen LogP contribution in [0.15, 0.2) is 36.5 Å². The molecule has 1 aromatic rings. The van der Waals surface area contributed by atoms with Crippen molar-refractivity contribution in [1.82, 2.24) is 5.06 Å². The molecule has 0 saturated carbocycles. The van der Waals surface area contributed by atoms with Crippen molar-refractivity contribution >= 4 is 25.3 Å². The smallest absolute Gasteiger partial charge is 0.379 e. The SMILES string of the molecule is C=C1CCC(=O)N1OC(=O)COCCOCCOCCCC(=O)Cc1ccc(C(F)(F)P(=O)(O)O)cc1. The van der Waals surface area contributed by atoms with Gasteiger partial charge in [0.15, 0.2) is 0 Å². The normalized spacial score (nSPS) is 14.3. The van der Waals surface area contributed by atoms with Gasteiger partial charge in [0.25, 0.3) is 5.91 Å². The molecule has 1 amide bonds. The summed E-state index contributed by atoms with van der Waals surface area (Å²) in [7, 11) is -5.64. The first-order valence-corrected chi connectivity index (χ1v) is 13.0. The number of hydroxylamine groups is 2. The zero-order valence-corrected chi connectivity index (χ0v) is 21.0. The summed E-state index contributed by atoms with van der Waals surface area (Å²) in [4.78, 5) is 57.6. The number of ether oxygens (including phenoxy) is 3. The second-order valence-corrected chi connectivity index (χ2v) is 9.75. The summed E-state index contributed by atoms with van der Waals surface area (Å²) in [6, 6.07) is 4.27. The number of benzene rings is 1. The topological polar surface area (TPSA) is 149 Å². The van der Waals surface area contributed by atoms with Crippen LogP contribution < -0.4 is 0 Å². The molecule has 0 radical (unpaired) electrons. The predicted octanol–water partition coefficient (Wildman–Crippen LogP) is 2.45. The van der Waals surface area contributed by atoms with Gasteiger partial charge in [-0.1, -0.05) is 30.8 Å². The van der Waals surface area contributed by atoms with Gasteiger partial charge < -0.3 is 28.8 Å². The molecule has 0 aliphatic carbocycles. The Morgan fingerprint density at radius 1 is 1.00 bits per heavy atom. The molecule has 1 aliphatic rings. The fraction of sp³-hybridized carbons (Fsp3) is 0.522. The second-order valence-electron chi connectivity index (χ2n) is 8.10. The van der Waals surface area contributed by atoms with E-state index in [4.69, 9.17) is 28.8 Å². The summed E-state index contributed by atoms with van der Waals surface area (Å²) in [5, 5.41) is 0.881. The molecule has 1 fully saturated rings. The lowest BCUT2D eigenvalue weighted by Gasteiger charge is -2.18. The summed E-state index contributed by atoms with van der Waals surface area (Å²) in [5.41, 5.74) is -4.23. The molecular formula is C23H30F2NO10P. The molecule has 206 valence electrons. The van der Waals surface area contributed by atoms with Gasteiger partial charge in [-0.3, -0.25) is 14.2 Å². The molecule has 0 atom stereocenters. The summed E-state index contributed by atoms with van der Waals surface area (Å²) in [6.07, 6.45) is 1.36. The van der Waals surface area contributed by atoms with Crippen LogP contribution in [0.3, 0.4) is 0 Å². The molecule has 1 saturated heterocycles. The van der Waals surface area contributed by atoms with Crippen LogP contribution in [-0.4, -0.2) is 72.2 Å². The standard InChI is InChI=1S/C23H30F2NO10P/c1-17-4-9-21(28)26(17)36-22(29)16-35-14-13-34-12-11-33-10-2-3-20(27)15-18-5-7-19(8-6-18)23(24,25)37(30,31)32/h5-8H,1-4,9-16H2,(H2,30,31,32). The molecule has 0 bridgehead atoms. The largest absolute Gasteiger partial charge is 0.399 e. The van der Waals surface area contributed by atoms with Crippen LogP contribution in [0.5, 0.6) is 0 Å². The Morgan fingerprint density at radius 3 is 2.16 bits per heavy atom. The molecule has 37 heavy (non-hydrogen) atoms. The number of Topliss-reactive ketones (excluding diaryl/α,β-unsaturated/α-hetero) is 1. The van der Waals surface area contributed by atoms with E-state index in [1.165, 1.54) is 12.1 Å². The lowest BCUT2D eigenvalue weighted by molar-refractivity contribution is -0.190. The number of ketones is 1.